The van der Waals surface area contributed by atoms with Crippen LogP contribution in [0, 0.1) is 12.7 Å². The molecule has 108 valence electrons. The fourth-order valence-corrected chi connectivity index (χ4v) is 2.74. The smallest absolute Gasteiger partial charge is 0.141 e. The van der Waals surface area contributed by atoms with Gasteiger partial charge in [0.15, 0.2) is 0 Å². The lowest BCUT2D eigenvalue weighted by Gasteiger charge is -2.11. The molecule has 0 amide bonds. The summed E-state index contributed by atoms with van der Waals surface area (Å²) >= 11 is 12.2. The summed E-state index contributed by atoms with van der Waals surface area (Å²) in [5.41, 5.74) is 3.63. The maximum absolute atomic E-state index is 13.4. The van der Waals surface area contributed by atoms with Crippen molar-refractivity contribution >= 4 is 34.2 Å². The average Bonchev–Trinajstić information content (AvgIpc) is 2.83. The first-order valence-corrected chi connectivity index (χ1v) is 7.38. The predicted octanol–water partition coefficient (Wildman–Crippen LogP) is 5.43. The molecular weight excluding hydrogens is 310 g/mol. The van der Waals surface area contributed by atoms with E-state index >= 15 is 0 Å². The summed E-state index contributed by atoms with van der Waals surface area (Å²) in [6.45, 7) is 3.86. The van der Waals surface area contributed by atoms with Gasteiger partial charge in [0, 0.05) is 5.69 Å². The molecule has 0 fully saturated rings. The van der Waals surface area contributed by atoms with Gasteiger partial charge in [0.2, 0.25) is 0 Å². The first-order valence-electron chi connectivity index (χ1n) is 6.56. The van der Waals surface area contributed by atoms with Gasteiger partial charge in [-0.25, -0.2) is 9.37 Å². The Morgan fingerprint density at radius 3 is 2.67 bits per heavy atom. The lowest BCUT2D eigenvalue weighted by atomic mass is 10.2. The van der Waals surface area contributed by atoms with Gasteiger partial charge in [-0.3, -0.25) is 4.57 Å². The molecule has 0 radical (unpaired) electrons. The van der Waals surface area contributed by atoms with Gasteiger partial charge < -0.3 is 0 Å². The van der Waals surface area contributed by atoms with Crippen molar-refractivity contribution in [2.24, 2.45) is 0 Å². The summed E-state index contributed by atoms with van der Waals surface area (Å²) in [6.07, 6.45) is 0. The number of hydrogen-bond donors (Lipinski definition) is 0. The molecule has 2 nitrogen and oxygen atoms in total. The fourth-order valence-electron chi connectivity index (χ4n) is 2.42. The van der Waals surface area contributed by atoms with Crippen LogP contribution in [0.4, 0.5) is 4.39 Å². The van der Waals surface area contributed by atoms with Gasteiger partial charge in [-0.15, -0.1) is 11.6 Å². The van der Waals surface area contributed by atoms with Crippen molar-refractivity contribution < 1.29 is 4.39 Å². The van der Waals surface area contributed by atoms with Gasteiger partial charge >= 0.3 is 0 Å². The summed E-state index contributed by atoms with van der Waals surface area (Å²) in [4.78, 5) is 4.63. The first kappa shape index (κ1) is 14.4. The van der Waals surface area contributed by atoms with E-state index in [0.717, 1.165) is 22.3 Å². The second kappa shape index (κ2) is 5.32. The first-order chi connectivity index (χ1) is 9.99. The Bertz CT molecular complexity index is 825. The summed E-state index contributed by atoms with van der Waals surface area (Å²) < 4.78 is 15.3. The molecule has 3 aromatic rings. The maximum Gasteiger partial charge on any atom is 0.141 e. The van der Waals surface area contributed by atoms with Gasteiger partial charge in [-0.1, -0.05) is 23.7 Å². The van der Waals surface area contributed by atoms with Crippen molar-refractivity contribution in [2.75, 3.05) is 0 Å². The Hall–Kier alpha value is -1.58. The molecule has 0 saturated carbocycles. The number of benzene rings is 2. The summed E-state index contributed by atoms with van der Waals surface area (Å²) in [7, 11) is 0. The highest BCUT2D eigenvalue weighted by Crippen LogP contribution is 2.30. The lowest BCUT2D eigenvalue weighted by Crippen LogP contribution is -2.02. The van der Waals surface area contributed by atoms with Gasteiger partial charge in [-0.05, 0) is 43.7 Å². The third-order valence-electron chi connectivity index (χ3n) is 3.43. The molecule has 0 N–H and O–H groups in total. The van der Waals surface area contributed by atoms with E-state index in [9.17, 15) is 4.39 Å². The number of nitrogens with zero attached hydrogens (tertiary/aromatic N) is 2. The Kier molecular flexibility index (Phi) is 3.64. The van der Waals surface area contributed by atoms with Gasteiger partial charge in [0.1, 0.15) is 11.6 Å². The van der Waals surface area contributed by atoms with E-state index in [1.807, 2.05) is 36.6 Å². The van der Waals surface area contributed by atoms with Crippen LogP contribution in [0.3, 0.4) is 0 Å². The molecule has 21 heavy (non-hydrogen) atoms. The molecule has 2 aromatic carbocycles. The summed E-state index contributed by atoms with van der Waals surface area (Å²) in [6, 6.07) is 10.5. The van der Waals surface area contributed by atoms with Crippen molar-refractivity contribution in [2.45, 2.75) is 19.2 Å². The number of para-hydroxylation sites is 1. The zero-order chi connectivity index (χ0) is 15.1. The van der Waals surface area contributed by atoms with Crippen LogP contribution in [-0.2, 0) is 0 Å². The quantitative estimate of drug-likeness (QED) is 0.575. The second-order valence-corrected chi connectivity index (χ2v) is 6.02. The van der Waals surface area contributed by atoms with Crippen LogP contribution >= 0.6 is 23.2 Å². The van der Waals surface area contributed by atoms with E-state index < -0.39 is 5.82 Å². The van der Waals surface area contributed by atoms with E-state index in [0.29, 0.717) is 5.82 Å². The normalized spacial score (nSPS) is 12.8. The molecule has 0 aliphatic rings. The Labute approximate surface area is 132 Å². The van der Waals surface area contributed by atoms with Gasteiger partial charge in [0.25, 0.3) is 0 Å². The van der Waals surface area contributed by atoms with Crippen molar-refractivity contribution in [1.82, 2.24) is 9.55 Å². The van der Waals surface area contributed by atoms with E-state index in [2.05, 4.69) is 4.98 Å². The van der Waals surface area contributed by atoms with Crippen molar-refractivity contribution in [1.29, 1.82) is 0 Å². The minimum absolute atomic E-state index is 0.0789. The monoisotopic (exact) mass is 322 g/mol. The van der Waals surface area contributed by atoms with E-state index in [1.165, 1.54) is 6.07 Å². The van der Waals surface area contributed by atoms with Gasteiger partial charge in [-0.2, -0.15) is 0 Å². The van der Waals surface area contributed by atoms with E-state index in [1.54, 1.807) is 12.1 Å². The Morgan fingerprint density at radius 2 is 2.00 bits per heavy atom. The lowest BCUT2D eigenvalue weighted by molar-refractivity contribution is 0.627. The summed E-state index contributed by atoms with van der Waals surface area (Å²) in [5.74, 6) is 0.269. The number of hydrogen-bond acceptors (Lipinski definition) is 1. The zero-order valence-electron chi connectivity index (χ0n) is 11.6. The fraction of sp³-hybridized carbons (Fsp3) is 0.188. The number of halogens is 3. The molecule has 3 rings (SSSR count). The molecule has 0 saturated heterocycles. The Balaban J connectivity index is 2.36. The highest BCUT2D eigenvalue weighted by molar-refractivity contribution is 6.30. The van der Waals surface area contributed by atoms with Crippen LogP contribution in [0.5, 0.6) is 0 Å². The molecule has 0 aliphatic carbocycles. The number of aryl methyl sites for hydroxylation is 1. The number of imidazole rings is 1. The van der Waals surface area contributed by atoms with Crippen LogP contribution < -0.4 is 0 Å². The topological polar surface area (TPSA) is 17.8 Å². The molecule has 5 heteroatoms. The van der Waals surface area contributed by atoms with Crippen molar-refractivity contribution in [3.8, 4) is 5.69 Å². The van der Waals surface area contributed by atoms with Crippen LogP contribution in [0.1, 0.15) is 23.7 Å². The number of rotatable bonds is 2. The average molecular weight is 323 g/mol. The minimum Gasteiger partial charge on any atom is -0.295 e. The molecular formula is C16H13Cl2FN2. The SMILES string of the molecule is Cc1cccc2c1nc(C(C)Cl)n2-c1ccc(F)c(Cl)c1. The number of fused-ring (bicyclic) bond motifs is 1. The second-order valence-electron chi connectivity index (χ2n) is 4.96. The third kappa shape index (κ3) is 2.41. The summed E-state index contributed by atoms with van der Waals surface area (Å²) in [5, 5.41) is -0.198. The van der Waals surface area contributed by atoms with Crippen LogP contribution in [0.15, 0.2) is 36.4 Å². The largest absolute Gasteiger partial charge is 0.295 e. The molecule has 0 bridgehead atoms. The number of alkyl halides is 1. The van der Waals surface area contributed by atoms with Gasteiger partial charge in [0.05, 0.1) is 21.4 Å². The third-order valence-corrected chi connectivity index (χ3v) is 3.91. The van der Waals surface area contributed by atoms with E-state index in [4.69, 9.17) is 23.2 Å². The molecule has 1 atom stereocenters. The standard InChI is InChI=1S/C16H13Cl2FN2/c1-9-4-3-5-14-15(9)20-16(10(2)17)21(14)11-6-7-13(19)12(18)8-11/h3-8,10H,1-2H3. The highest BCUT2D eigenvalue weighted by atomic mass is 35.5. The van der Waals surface area contributed by atoms with Crippen LogP contribution in [-0.4, -0.2) is 9.55 Å². The van der Waals surface area contributed by atoms with Crippen molar-refractivity contribution in [3.05, 3.63) is 58.6 Å². The van der Waals surface area contributed by atoms with Crippen molar-refractivity contribution in [3.63, 3.8) is 0 Å². The molecule has 1 aromatic heterocycles. The van der Waals surface area contributed by atoms with Crippen LogP contribution in [0.2, 0.25) is 5.02 Å². The predicted molar refractivity (Wildman–Crippen MR) is 85.0 cm³/mol. The minimum atomic E-state index is -0.443. The molecule has 1 heterocycles. The zero-order valence-corrected chi connectivity index (χ0v) is 13.1. The molecule has 1 unspecified atom stereocenters. The molecule has 0 aliphatic heterocycles. The highest BCUT2D eigenvalue weighted by Gasteiger charge is 2.18. The van der Waals surface area contributed by atoms with Crippen LogP contribution in [0.25, 0.3) is 16.7 Å². The molecule has 0 spiro atoms. The van der Waals surface area contributed by atoms with E-state index in [-0.39, 0.29) is 10.4 Å². The Morgan fingerprint density at radius 1 is 1.24 bits per heavy atom. The maximum atomic E-state index is 13.4. The number of aromatic nitrogens is 2.